The van der Waals surface area contributed by atoms with E-state index < -0.39 is 4.92 Å². The number of hydrogen-bond donors (Lipinski definition) is 0. The van der Waals surface area contributed by atoms with Crippen LogP contribution in [0.2, 0.25) is 0 Å². The highest BCUT2D eigenvalue weighted by Gasteiger charge is 2.26. The van der Waals surface area contributed by atoms with Crippen LogP contribution < -0.4 is 14.4 Å². The van der Waals surface area contributed by atoms with E-state index >= 15 is 0 Å². The molecule has 2 fully saturated rings. The van der Waals surface area contributed by atoms with Gasteiger partial charge in [-0.25, -0.2) is 9.55 Å². The monoisotopic (exact) mass is 534 g/mol. The van der Waals surface area contributed by atoms with Crippen LogP contribution in [0.25, 0.3) is 10.9 Å². The Balaban J connectivity index is 1.24. The number of fused-ring (bicyclic) bond motifs is 1. The van der Waals surface area contributed by atoms with Gasteiger partial charge in [0, 0.05) is 37.6 Å². The van der Waals surface area contributed by atoms with E-state index in [1.54, 1.807) is 13.2 Å². The zero-order valence-electron chi connectivity index (χ0n) is 21.7. The third-order valence-electron chi connectivity index (χ3n) is 7.42. The van der Waals surface area contributed by atoms with Crippen molar-refractivity contribution in [2.45, 2.75) is 44.4 Å². The number of nitrogens with zero attached hydrogens (tertiary/aromatic N) is 8. The van der Waals surface area contributed by atoms with E-state index in [2.05, 4.69) is 24.4 Å². The van der Waals surface area contributed by atoms with Crippen LogP contribution in [0.5, 0.6) is 11.6 Å². The van der Waals surface area contributed by atoms with E-state index in [0.717, 1.165) is 55.5 Å². The van der Waals surface area contributed by atoms with Crippen LogP contribution in [-0.2, 0) is 18.4 Å². The van der Waals surface area contributed by atoms with E-state index in [-0.39, 0.29) is 18.7 Å². The van der Waals surface area contributed by atoms with E-state index in [0.29, 0.717) is 36.6 Å². The first-order valence-electron chi connectivity index (χ1n) is 13.1. The zero-order valence-corrected chi connectivity index (χ0v) is 21.7. The molecule has 1 aliphatic carbocycles. The highest BCUT2D eigenvalue weighted by molar-refractivity contribution is 5.87. The largest absolute Gasteiger partial charge is 0.484 e. The summed E-state index contributed by atoms with van der Waals surface area (Å²) in [5.41, 5.74) is 1.34. The first-order valence-corrected chi connectivity index (χ1v) is 13.1. The molecule has 1 saturated carbocycles. The van der Waals surface area contributed by atoms with E-state index in [1.165, 1.54) is 10.8 Å². The number of anilines is 1. The molecule has 0 aromatic carbocycles. The van der Waals surface area contributed by atoms with Crippen molar-refractivity contribution in [3.8, 4) is 11.6 Å². The Morgan fingerprint density at radius 2 is 1.95 bits per heavy atom. The first-order chi connectivity index (χ1) is 19.0. The minimum absolute atomic E-state index is 0.0416. The van der Waals surface area contributed by atoms with Crippen molar-refractivity contribution in [1.29, 1.82) is 0 Å². The Morgan fingerprint density at radius 1 is 1.13 bits per heavy atom. The lowest BCUT2D eigenvalue weighted by molar-refractivity contribution is -0.396. The highest BCUT2D eigenvalue weighted by Crippen LogP contribution is 2.35. The van der Waals surface area contributed by atoms with Crippen LogP contribution in [0.3, 0.4) is 0 Å². The number of ether oxygens (including phenoxy) is 3. The second-order valence-electron chi connectivity index (χ2n) is 9.84. The molecule has 1 saturated heterocycles. The van der Waals surface area contributed by atoms with Gasteiger partial charge in [-0.2, -0.15) is 4.98 Å². The smallest absolute Gasteiger partial charge is 0.434 e. The summed E-state index contributed by atoms with van der Waals surface area (Å²) in [5, 5.41) is 11.9. The molecule has 4 aromatic heterocycles. The minimum Gasteiger partial charge on any atom is -0.484 e. The second kappa shape index (κ2) is 10.8. The van der Waals surface area contributed by atoms with Crippen LogP contribution >= 0.6 is 0 Å². The van der Waals surface area contributed by atoms with Gasteiger partial charge in [0.1, 0.15) is 30.5 Å². The molecule has 204 valence electrons. The van der Waals surface area contributed by atoms with Crippen molar-refractivity contribution in [3.63, 3.8) is 0 Å². The van der Waals surface area contributed by atoms with Gasteiger partial charge in [-0.3, -0.25) is 4.98 Å². The third-order valence-corrected chi connectivity index (χ3v) is 7.42. The number of morpholine rings is 1. The lowest BCUT2D eigenvalue weighted by atomic mass is 9.93. The number of nitro groups is 1. The molecule has 0 N–H and O–H groups in total. The molecule has 39 heavy (non-hydrogen) atoms. The molecule has 0 spiro atoms. The average Bonchev–Trinajstić information content (AvgIpc) is 3.63. The predicted octanol–water partition coefficient (Wildman–Crippen LogP) is 3.45. The Kier molecular flexibility index (Phi) is 6.97. The molecule has 6 rings (SSSR count). The molecule has 0 unspecified atom stereocenters. The van der Waals surface area contributed by atoms with Crippen molar-refractivity contribution in [3.05, 3.63) is 59.1 Å². The Bertz CT molecular complexity index is 1440. The second-order valence-corrected chi connectivity index (χ2v) is 9.84. The molecule has 2 aliphatic rings. The first kappa shape index (κ1) is 25.0. The van der Waals surface area contributed by atoms with Crippen molar-refractivity contribution in [1.82, 2.24) is 29.1 Å². The number of hydrogen-bond acceptors (Lipinski definition) is 10. The summed E-state index contributed by atoms with van der Waals surface area (Å²) in [5.74, 6) is 1.63. The Morgan fingerprint density at radius 3 is 2.67 bits per heavy atom. The maximum Gasteiger partial charge on any atom is 0.434 e. The molecule has 4 aromatic rings. The number of aromatic nitrogens is 6. The summed E-state index contributed by atoms with van der Waals surface area (Å²) in [6, 6.07) is 4.27. The lowest BCUT2D eigenvalue weighted by Crippen LogP contribution is -2.36. The summed E-state index contributed by atoms with van der Waals surface area (Å²) in [6.07, 6.45) is 12.7. The van der Waals surface area contributed by atoms with Crippen LogP contribution in [0, 0.1) is 10.1 Å². The average molecular weight is 535 g/mol. The fraction of sp³-hybridized carbons (Fsp3) is 0.462. The number of rotatable bonds is 8. The highest BCUT2D eigenvalue weighted by atomic mass is 16.6. The molecule has 0 bridgehead atoms. The van der Waals surface area contributed by atoms with Gasteiger partial charge in [0.2, 0.25) is 5.88 Å². The van der Waals surface area contributed by atoms with Crippen LogP contribution in [0.1, 0.15) is 37.4 Å². The topological polar surface area (TPSA) is 135 Å². The maximum atomic E-state index is 11.1. The number of imidazole rings is 2. The molecule has 1 aliphatic heterocycles. The quantitative estimate of drug-likeness (QED) is 0.244. The van der Waals surface area contributed by atoms with Gasteiger partial charge in [-0.1, -0.05) is 4.98 Å². The molecule has 13 heteroatoms. The van der Waals surface area contributed by atoms with Gasteiger partial charge in [0.25, 0.3) is 0 Å². The number of pyridine rings is 2. The van der Waals surface area contributed by atoms with E-state index in [9.17, 15) is 10.1 Å². The zero-order chi connectivity index (χ0) is 26.8. The van der Waals surface area contributed by atoms with Crippen LogP contribution in [0.4, 0.5) is 11.8 Å². The molecule has 0 amide bonds. The molecular formula is C26H30N8O5. The fourth-order valence-electron chi connectivity index (χ4n) is 5.18. The maximum absolute atomic E-state index is 11.1. The SMILES string of the molecule is Cn1c(COc2cnc3cc(N4CCOCC4)nc(O[C@H]4CC[C@@H](n5ccnc5)CC4)c3c2)cnc1[N+](=O)[O-]. The van der Waals surface area contributed by atoms with Crippen LogP contribution in [-0.4, -0.2) is 66.4 Å². The third kappa shape index (κ3) is 5.35. The predicted molar refractivity (Wildman–Crippen MR) is 141 cm³/mol. The molecule has 5 heterocycles. The van der Waals surface area contributed by atoms with Gasteiger partial charge >= 0.3 is 5.95 Å². The molecule has 0 radical (unpaired) electrons. The minimum atomic E-state index is -0.523. The Hall–Kier alpha value is -4.26. The lowest BCUT2D eigenvalue weighted by Gasteiger charge is -2.31. The normalized spacial score (nSPS) is 19.8. The summed E-state index contributed by atoms with van der Waals surface area (Å²) >= 11 is 0. The van der Waals surface area contributed by atoms with Crippen molar-refractivity contribution < 1.29 is 19.1 Å². The molecule has 0 atom stereocenters. The Labute approximate surface area is 224 Å². The van der Waals surface area contributed by atoms with Crippen LogP contribution in [0.15, 0.2) is 43.2 Å². The van der Waals surface area contributed by atoms with Crippen molar-refractivity contribution >= 4 is 22.7 Å². The molecule has 13 nitrogen and oxygen atoms in total. The summed E-state index contributed by atoms with van der Waals surface area (Å²) < 4.78 is 21.6. The van der Waals surface area contributed by atoms with E-state index in [1.807, 2.05) is 30.9 Å². The summed E-state index contributed by atoms with van der Waals surface area (Å²) in [6.45, 7) is 2.93. The summed E-state index contributed by atoms with van der Waals surface area (Å²) in [4.78, 5) is 30.4. The van der Waals surface area contributed by atoms with E-state index in [4.69, 9.17) is 19.2 Å². The standard InChI is InChI=1S/C26H30N8O5/c1-31-19(14-29-26(31)34(35)36)16-38-21-12-22-23(28-15-21)13-24(32-8-10-37-11-9-32)30-25(22)39-20-4-2-18(3-5-20)33-7-6-27-17-33/h6-7,12-15,17-18,20H,2-5,8-11,16H2,1H3/t18-,20+. The molecular weight excluding hydrogens is 504 g/mol. The van der Waals surface area contributed by atoms with Gasteiger partial charge in [0.15, 0.2) is 5.69 Å². The van der Waals surface area contributed by atoms with Gasteiger partial charge in [-0.05, 0) is 36.7 Å². The van der Waals surface area contributed by atoms with Crippen molar-refractivity contribution in [2.75, 3.05) is 31.2 Å². The van der Waals surface area contributed by atoms with Gasteiger partial charge < -0.3 is 33.8 Å². The summed E-state index contributed by atoms with van der Waals surface area (Å²) in [7, 11) is 1.59. The fourth-order valence-corrected chi connectivity index (χ4v) is 5.18. The van der Waals surface area contributed by atoms with Crippen molar-refractivity contribution in [2.24, 2.45) is 7.05 Å². The van der Waals surface area contributed by atoms with Gasteiger partial charge in [0.05, 0.1) is 43.7 Å². The van der Waals surface area contributed by atoms with Gasteiger partial charge in [-0.15, -0.1) is 0 Å².